The number of hydrogen-bond acceptors (Lipinski definition) is 2. The smallest absolute Gasteiger partial charge is 0.271 e. The maximum Gasteiger partial charge on any atom is 0.271 e. The van der Waals surface area contributed by atoms with Gasteiger partial charge in [0.15, 0.2) is 0 Å². The molecule has 0 saturated heterocycles. The van der Waals surface area contributed by atoms with Crippen molar-refractivity contribution >= 4 is 5.69 Å². The number of anilines is 1. The van der Waals surface area contributed by atoms with E-state index in [9.17, 15) is 4.79 Å². The van der Waals surface area contributed by atoms with Crippen LogP contribution in [0.5, 0.6) is 0 Å². The van der Waals surface area contributed by atoms with E-state index in [1.165, 1.54) is 5.56 Å². The predicted molar refractivity (Wildman–Crippen MR) is 54.9 cm³/mol. The summed E-state index contributed by atoms with van der Waals surface area (Å²) in [7, 11) is 0. The van der Waals surface area contributed by atoms with Gasteiger partial charge in [0.25, 0.3) is 5.56 Å². The molecule has 3 N–H and O–H groups in total. The van der Waals surface area contributed by atoms with Gasteiger partial charge in [0, 0.05) is 5.69 Å². The molecule has 0 saturated carbocycles. The van der Waals surface area contributed by atoms with E-state index in [-0.39, 0.29) is 5.56 Å². The summed E-state index contributed by atoms with van der Waals surface area (Å²) < 4.78 is 0. The van der Waals surface area contributed by atoms with Crippen molar-refractivity contribution in [2.24, 2.45) is 0 Å². The van der Waals surface area contributed by atoms with Crippen LogP contribution in [0.4, 0.5) is 5.69 Å². The highest BCUT2D eigenvalue weighted by Crippen LogP contribution is 2.15. The second-order valence-electron chi connectivity index (χ2n) is 3.35. The molecule has 0 bridgehead atoms. The average Bonchev–Trinajstić information content (AvgIpc) is 2.09. The molecule has 0 spiro atoms. The zero-order chi connectivity index (χ0) is 10.0. The van der Waals surface area contributed by atoms with Crippen LogP contribution >= 0.6 is 0 Å². The van der Waals surface area contributed by atoms with Crippen LogP contribution in [-0.4, -0.2) is 4.98 Å². The van der Waals surface area contributed by atoms with Crippen molar-refractivity contribution in [2.75, 3.05) is 5.73 Å². The van der Waals surface area contributed by atoms with Gasteiger partial charge in [-0.3, -0.25) is 4.79 Å². The fourth-order valence-corrected chi connectivity index (χ4v) is 1.55. The highest BCUT2D eigenvalue weighted by atomic mass is 16.1. The van der Waals surface area contributed by atoms with E-state index < -0.39 is 0 Å². The molecule has 0 aliphatic rings. The standard InChI is InChI=1S/C10H16N2O/c1-4-5-8-6(2)9(11)10(13)12-7(8)3/h4-5,11H2,1-3H3,(H,12,13). The molecule has 0 radical (unpaired) electrons. The van der Waals surface area contributed by atoms with E-state index in [2.05, 4.69) is 11.9 Å². The van der Waals surface area contributed by atoms with Gasteiger partial charge in [0.05, 0.1) is 0 Å². The first-order valence-corrected chi connectivity index (χ1v) is 4.55. The predicted octanol–water partition coefficient (Wildman–Crippen LogP) is 1.53. The third kappa shape index (κ3) is 1.74. The molecule has 1 aromatic rings. The van der Waals surface area contributed by atoms with Gasteiger partial charge >= 0.3 is 0 Å². The third-order valence-electron chi connectivity index (χ3n) is 2.35. The van der Waals surface area contributed by atoms with Crippen LogP contribution in [0.1, 0.15) is 30.2 Å². The zero-order valence-corrected chi connectivity index (χ0v) is 8.40. The summed E-state index contributed by atoms with van der Waals surface area (Å²) in [6.07, 6.45) is 2.03. The number of aryl methyl sites for hydroxylation is 1. The SMILES string of the molecule is CCCc1c(C)[nH]c(=O)c(N)c1C. The van der Waals surface area contributed by atoms with Crippen LogP contribution < -0.4 is 11.3 Å². The molecule has 13 heavy (non-hydrogen) atoms. The lowest BCUT2D eigenvalue weighted by Gasteiger charge is -2.09. The van der Waals surface area contributed by atoms with Crippen molar-refractivity contribution in [3.05, 3.63) is 27.2 Å². The minimum atomic E-state index is -0.171. The summed E-state index contributed by atoms with van der Waals surface area (Å²) in [6, 6.07) is 0. The van der Waals surface area contributed by atoms with E-state index in [1.54, 1.807) is 0 Å². The van der Waals surface area contributed by atoms with Crippen molar-refractivity contribution in [1.29, 1.82) is 0 Å². The van der Waals surface area contributed by atoms with Gasteiger partial charge in [0.2, 0.25) is 0 Å². The molecule has 0 aromatic carbocycles. The molecule has 1 rings (SSSR count). The Balaban J connectivity index is 3.35. The van der Waals surface area contributed by atoms with E-state index in [0.29, 0.717) is 5.69 Å². The number of nitrogen functional groups attached to an aromatic ring is 1. The number of aromatic amines is 1. The molecule has 72 valence electrons. The summed E-state index contributed by atoms with van der Waals surface area (Å²) >= 11 is 0. The van der Waals surface area contributed by atoms with Crippen molar-refractivity contribution in [3.8, 4) is 0 Å². The average molecular weight is 180 g/mol. The van der Waals surface area contributed by atoms with Crippen LogP contribution in [0.2, 0.25) is 0 Å². The van der Waals surface area contributed by atoms with Crippen molar-refractivity contribution in [2.45, 2.75) is 33.6 Å². The van der Waals surface area contributed by atoms with E-state index in [0.717, 1.165) is 24.1 Å². The fourth-order valence-electron chi connectivity index (χ4n) is 1.55. The molecular weight excluding hydrogens is 164 g/mol. The van der Waals surface area contributed by atoms with Gasteiger partial charge in [-0.15, -0.1) is 0 Å². The minimum absolute atomic E-state index is 0.171. The summed E-state index contributed by atoms with van der Waals surface area (Å²) in [5.41, 5.74) is 8.88. The molecule has 0 amide bonds. The van der Waals surface area contributed by atoms with Gasteiger partial charge in [-0.25, -0.2) is 0 Å². The summed E-state index contributed by atoms with van der Waals surface area (Å²) in [4.78, 5) is 14.0. The van der Waals surface area contributed by atoms with Gasteiger partial charge in [-0.05, 0) is 31.4 Å². The van der Waals surface area contributed by atoms with Crippen LogP contribution in [0, 0.1) is 13.8 Å². The van der Waals surface area contributed by atoms with E-state index in [1.807, 2.05) is 13.8 Å². The first-order valence-electron chi connectivity index (χ1n) is 4.55. The first-order chi connectivity index (χ1) is 6.07. The molecule has 3 nitrogen and oxygen atoms in total. The van der Waals surface area contributed by atoms with E-state index in [4.69, 9.17) is 5.73 Å². The number of hydrogen-bond donors (Lipinski definition) is 2. The number of rotatable bonds is 2. The van der Waals surface area contributed by atoms with E-state index >= 15 is 0 Å². The third-order valence-corrected chi connectivity index (χ3v) is 2.35. The molecule has 1 heterocycles. The normalized spacial score (nSPS) is 10.4. The molecule has 0 aliphatic heterocycles. The Hall–Kier alpha value is -1.25. The van der Waals surface area contributed by atoms with Crippen molar-refractivity contribution < 1.29 is 0 Å². The number of pyridine rings is 1. The summed E-state index contributed by atoms with van der Waals surface area (Å²) in [5.74, 6) is 0. The Kier molecular flexibility index (Phi) is 2.76. The Bertz CT molecular complexity index is 366. The molecule has 3 heteroatoms. The monoisotopic (exact) mass is 180 g/mol. The zero-order valence-electron chi connectivity index (χ0n) is 8.40. The number of aromatic nitrogens is 1. The molecule has 0 atom stereocenters. The van der Waals surface area contributed by atoms with Crippen molar-refractivity contribution in [1.82, 2.24) is 4.98 Å². The van der Waals surface area contributed by atoms with Crippen LogP contribution in [0.3, 0.4) is 0 Å². The highest BCUT2D eigenvalue weighted by molar-refractivity contribution is 5.49. The Morgan fingerprint density at radius 3 is 2.54 bits per heavy atom. The van der Waals surface area contributed by atoms with Gasteiger partial charge in [0.1, 0.15) is 5.69 Å². The van der Waals surface area contributed by atoms with Crippen LogP contribution in [0.25, 0.3) is 0 Å². The second-order valence-corrected chi connectivity index (χ2v) is 3.35. The highest BCUT2D eigenvalue weighted by Gasteiger charge is 2.07. The first kappa shape index (κ1) is 9.84. The van der Waals surface area contributed by atoms with Crippen molar-refractivity contribution in [3.63, 3.8) is 0 Å². The van der Waals surface area contributed by atoms with Gasteiger partial charge in [-0.2, -0.15) is 0 Å². The molecule has 1 aromatic heterocycles. The van der Waals surface area contributed by atoms with Gasteiger partial charge < -0.3 is 10.7 Å². The topological polar surface area (TPSA) is 58.9 Å². The Morgan fingerprint density at radius 1 is 1.38 bits per heavy atom. The van der Waals surface area contributed by atoms with Crippen LogP contribution in [-0.2, 0) is 6.42 Å². The van der Waals surface area contributed by atoms with Crippen LogP contribution in [0.15, 0.2) is 4.79 Å². The molecule has 0 fully saturated rings. The summed E-state index contributed by atoms with van der Waals surface area (Å²) in [5, 5.41) is 0. The molecular formula is C10H16N2O. The molecule has 0 aliphatic carbocycles. The summed E-state index contributed by atoms with van der Waals surface area (Å²) in [6.45, 7) is 5.93. The minimum Gasteiger partial charge on any atom is -0.394 e. The quantitative estimate of drug-likeness (QED) is 0.725. The Morgan fingerprint density at radius 2 is 2.00 bits per heavy atom. The second kappa shape index (κ2) is 3.64. The Labute approximate surface area is 78.0 Å². The number of nitrogens with two attached hydrogens (primary N) is 1. The number of H-pyrrole nitrogens is 1. The lowest BCUT2D eigenvalue weighted by Crippen LogP contribution is -2.17. The maximum atomic E-state index is 11.2. The lowest BCUT2D eigenvalue weighted by molar-refractivity contribution is 0.884. The molecule has 0 unspecified atom stereocenters. The lowest BCUT2D eigenvalue weighted by atomic mass is 10.0. The fraction of sp³-hybridized carbons (Fsp3) is 0.500. The maximum absolute atomic E-state index is 11.2. The number of nitrogens with one attached hydrogen (secondary N) is 1. The largest absolute Gasteiger partial charge is 0.394 e. The van der Waals surface area contributed by atoms with Gasteiger partial charge in [-0.1, -0.05) is 13.3 Å².